The summed E-state index contributed by atoms with van der Waals surface area (Å²) in [5, 5.41) is 0. The van der Waals surface area contributed by atoms with Crippen LogP contribution in [0.3, 0.4) is 0 Å². The molecule has 0 fully saturated rings. The van der Waals surface area contributed by atoms with Crippen molar-refractivity contribution in [3.8, 4) is 0 Å². The fraction of sp³-hybridized carbons (Fsp3) is 0.125. The second kappa shape index (κ2) is 5.46. The number of fused-ring (bicyclic) bond motifs is 1. The Morgan fingerprint density at radius 2 is 2.17 bits per heavy atom. The zero-order valence-electron chi connectivity index (χ0n) is 6.27. The van der Waals surface area contributed by atoms with Crippen molar-refractivity contribution in [2.24, 2.45) is 4.99 Å². The van der Waals surface area contributed by atoms with Crippen LogP contribution in [0.2, 0.25) is 0 Å². The molecule has 0 aromatic heterocycles. The van der Waals surface area contributed by atoms with Crippen LogP contribution in [0.4, 0.5) is 0 Å². The summed E-state index contributed by atoms with van der Waals surface area (Å²) >= 11 is 1.84. The van der Waals surface area contributed by atoms with Crippen LogP contribution in [0.15, 0.2) is 39.9 Å². The van der Waals surface area contributed by atoms with Crippen molar-refractivity contribution >= 4 is 42.8 Å². The number of aliphatic imine (C=N–C) groups is 1. The molecule has 4 heteroatoms. The van der Waals surface area contributed by atoms with Gasteiger partial charge in [0.25, 0.3) is 0 Å². The van der Waals surface area contributed by atoms with Crippen LogP contribution in [0.25, 0.3) is 0 Å². The van der Waals surface area contributed by atoms with E-state index in [1.165, 1.54) is 10.5 Å². The number of nitrogens with zero attached hydrogens (tertiary/aromatic N) is 1. The van der Waals surface area contributed by atoms with Crippen molar-refractivity contribution in [3.63, 3.8) is 0 Å². The fourth-order valence-corrected chi connectivity index (χ4v) is 1.87. The number of allylic oxidation sites excluding steroid dienone is 3. The van der Waals surface area contributed by atoms with E-state index in [9.17, 15) is 0 Å². The molecule has 0 amide bonds. The molecule has 66 valence electrons. The highest BCUT2D eigenvalue weighted by atomic mass is 35.5. The van der Waals surface area contributed by atoms with Gasteiger partial charge in [-0.25, -0.2) is 0 Å². The van der Waals surface area contributed by atoms with E-state index in [4.69, 9.17) is 0 Å². The van der Waals surface area contributed by atoms with Crippen LogP contribution in [0.1, 0.15) is 0 Å². The van der Waals surface area contributed by atoms with Gasteiger partial charge in [-0.2, -0.15) is 0 Å². The molecule has 0 spiro atoms. The van der Waals surface area contributed by atoms with Crippen molar-refractivity contribution in [1.82, 2.24) is 0 Å². The zero-order valence-corrected chi connectivity index (χ0v) is 8.72. The van der Waals surface area contributed by atoms with Gasteiger partial charge in [-0.05, 0) is 11.6 Å². The molecular weight excluding hydrogens is 213 g/mol. The van der Waals surface area contributed by atoms with Crippen molar-refractivity contribution < 1.29 is 0 Å². The van der Waals surface area contributed by atoms with Crippen molar-refractivity contribution in [2.75, 3.05) is 5.75 Å². The lowest BCUT2D eigenvalue weighted by Gasteiger charge is -1.92. The third-order valence-corrected chi connectivity index (χ3v) is 2.45. The molecule has 2 aliphatic rings. The number of halogens is 2. The Labute approximate surface area is 88.5 Å². The monoisotopic (exact) mass is 221 g/mol. The van der Waals surface area contributed by atoms with Crippen LogP contribution in [0.5, 0.6) is 0 Å². The van der Waals surface area contributed by atoms with E-state index in [1.54, 1.807) is 0 Å². The van der Waals surface area contributed by atoms with Crippen LogP contribution < -0.4 is 0 Å². The molecule has 0 saturated carbocycles. The Hall–Kier alpha value is -0.180. The molecule has 2 rings (SSSR count). The molecule has 0 aromatic carbocycles. The second-order valence-corrected chi connectivity index (χ2v) is 3.18. The molecule has 1 nitrogen and oxygen atoms in total. The van der Waals surface area contributed by atoms with Gasteiger partial charge in [0.05, 0.1) is 0 Å². The lowest BCUT2D eigenvalue weighted by Crippen LogP contribution is -1.70. The summed E-state index contributed by atoms with van der Waals surface area (Å²) in [4.78, 5) is 5.37. The predicted molar refractivity (Wildman–Crippen MR) is 60.8 cm³/mol. The number of hydrogen-bond acceptors (Lipinski definition) is 2. The highest BCUT2D eigenvalue weighted by Gasteiger charge is 2.09. The SMILES string of the molecule is C1=CC2=CCSC2=CN=C1.Cl.Cl. The molecule has 0 atom stereocenters. The molecule has 0 N–H and O–H groups in total. The Bertz CT molecular complexity index is 266. The Morgan fingerprint density at radius 1 is 1.33 bits per heavy atom. The molecule has 0 aromatic rings. The summed E-state index contributed by atoms with van der Waals surface area (Å²) in [7, 11) is 0. The average molecular weight is 222 g/mol. The van der Waals surface area contributed by atoms with Gasteiger partial charge in [-0.15, -0.1) is 36.6 Å². The Balaban J connectivity index is 0.000000605. The van der Waals surface area contributed by atoms with Gasteiger partial charge in [0.2, 0.25) is 0 Å². The van der Waals surface area contributed by atoms with Gasteiger partial charge >= 0.3 is 0 Å². The molecule has 2 aliphatic heterocycles. The molecule has 0 bridgehead atoms. The van der Waals surface area contributed by atoms with Gasteiger partial charge in [0.15, 0.2) is 0 Å². The van der Waals surface area contributed by atoms with E-state index >= 15 is 0 Å². The van der Waals surface area contributed by atoms with Crippen LogP contribution in [0, 0.1) is 0 Å². The van der Waals surface area contributed by atoms with E-state index in [-0.39, 0.29) is 24.8 Å². The quantitative estimate of drug-likeness (QED) is 0.613. The largest absolute Gasteiger partial charge is 0.264 e. The first kappa shape index (κ1) is 11.8. The van der Waals surface area contributed by atoms with Crippen LogP contribution in [-0.4, -0.2) is 12.0 Å². The highest BCUT2D eigenvalue weighted by Crippen LogP contribution is 2.32. The summed E-state index contributed by atoms with van der Waals surface area (Å²) in [5.41, 5.74) is 1.32. The molecule has 0 aliphatic carbocycles. The lowest BCUT2D eigenvalue weighted by molar-refractivity contribution is 1.56. The van der Waals surface area contributed by atoms with E-state index < -0.39 is 0 Å². The minimum atomic E-state index is 0. The molecule has 0 saturated heterocycles. The summed E-state index contributed by atoms with van der Waals surface area (Å²) < 4.78 is 0. The maximum atomic E-state index is 4.08. The summed E-state index contributed by atoms with van der Waals surface area (Å²) in [5.74, 6) is 1.10. The minimum Gasteiger partial charge on any atom is -0.264 e. The third kappa shape index (κ3) is 2.41. The van der Waals surface area contributed by atoms with Crippen LogP contribution >= 0.6 is 36.6 Å². The van der Waals surface area contributed by atoms with Gasteiger partial charge in [-0.1, -0.05) is 12.2 Å². The van der Waals surface area contributed by atoms with Crippen molar-refractivity contribution in [3.05, 3.63) is 34.9 Å². The first-order chi connectivity index (χ1) is 4.97. The fourth-order valence-electron chi connectivity index (χ4n) is 0.974. The van der Waals surface area contributed by atoms with Gasteiger partial charge in [0.1, 0.15) is 0 Å². The third-order valence-electron chi connectivity index (χ3n) is 1.47. The first-order valence-corrected chi connectivity index (χ1v) is 4.19. The van der Waals surface area contributed by atoms with E-state index in [0.29, 0.717) is 0 Å². The summed E-state index contributed by atoms with van der Waals surface area (Å²) in [6.45, 7) is 0. The van der Waals surface area contributed by atoms with Crippen molar-refractivity contribution in [1.29, 1.82) is 0 Å². The Morgan fingerprint density at radius 3 is 3.00 bits per heavy atom. The second-order valence-electron chi connectivity index (χ2n) is 2.12. The maximum absolute atomic E-state index is 4.08. The number of rotatable bonds is 0. The van der Waals surface area contributed by atoms with Gasteiger partial charge in [-0.3, -0.25) is 4.99 Å². The smallest absolute Gasteiger partial charge is 0.0409 e. The van der Waals surface area contributed by atoms with Crippen molar-refractivity contribution in [2.45, 2.75) is 0 Å². The standard InChI is InChI=1S/C8H7NS.2ClH/c1-2-7-3-5-10-8(7)6-9-4-1;;/h1-4,6H,5H2;2*1H. The maximum Gasteiger partial charge on any atom is 0.0409 e. The normalized spacial score (nSPS) is 18.0. The summed E-state index contributed by atoms with van der Waals surface area (Å²) in [6, 6.07) is 0. The minimum absolute atomic E-state index is 0. The molecule has 12 heavy (non-hydrogen) atoms. The first-order valence-electron chi connectivity index (χ1n) is 3.20. The summed E-state index contributed by atoms with van der Waals surface area (Å²) in [6.07, 6.45) is 10.0. The highest BCUT2D eigenvalue weighted by molar-refractivity contribution is 8.03. The van der Waals surface area contributed by atoms with E-state index in [1.807, 2.05) is 30.3 Å². The number of hydrogen-bond donors (Lipinski definition) is 0. The average Bonchev–Trinajstić information content (AvgIpc) is 2.28. The zero-order chi connectivity index (χ0) is 6.81. The molecule has 0 unspecified atom stereocenters. The Kier molecular flexibility index (Phi) is 5.38. The molecule has 2 heterocycles. The predicted octanol–water partition coefficient (Wildman–Crippen LogP) is 2.99. The van der Waals surface area contributed by atoms with Crippen LogP contribution in [-0.2, 0) is 0 Å². The van der Waals surface area contributed by atoms with E-state index in [0.717, 1.165) is 5.75 Å². The molecular formula is C8H9Cl2NS. The molecule has 0 radical (unpaired) electrons. The number of thioether (sulfide) groups is 1. The lowest BCUT2D eigenvalue weighted by atomic mass is 10.2. The topological polar surface area (TPSA) is 12.4 Å². The van der Waals surface area contributed by atoms with Gasteiger partial charge < -0.3 is 0 Å². The van der Waals surface area contributed by atoms with Gasteiger partial charge in [0, 0.05) is 23.1 Å². The van der Waals surface area contributed by atoms with E-state index in [2.05, 4.69) is 17.1 Å².